The second kappa shape index (κ2) is 5.84. The van der Waals surface area contributed by atoms with Crippen molar-refractivity contribution in [2.24, 2.45) is 5.73 Å². The molecular weight excluding hydrogens is 208 g/mol. The van der Waals surface area contributed by atoms with E-state index in [-0.39, 0.29) is 18.0 Å². The minimum absolute atomic E-state index is 0.0667. The number of rotatable bonds is 5. The smallest absolute Gasteiger partial charge is 0.325 e. The normalized spacial score (nSPS) is 18.1. The molecule has 5 heteroatoms. The molecule has 5 nitrogen and oxygen atoms in total. The lowest BCUT2D eigenvalue weighted by molar-refractivity contribution is -0.143. The van der Waals surface area contributed by atoms with Crippen LogP contribution in [-0.4, -0.2) is 30.6 Å². The Labute approximate surface area is 95.7 Å². The summed E-state index contributed by atoms with van der Waals surface area (Å²) in [5.41, 5.74) is 5.69. The molecule has 0 atom stereocenters. The van der Waals surface area contributed by atoms with E-state index < -0.39 is 5.97 Å². The molecule has 1 amide bonds. The second-order valence-electron chi connectivity index (χ2n) is 4.33. The Morgan fingerprint density at radius 1 is 1.38 bits per heavy atom. The zero-order valence-corrected chi connectivity index (χ0v) is 9.75. The van der Waals surface area contributed by atoms with E-state index in [1.807, 2.05) is 0 Å². The number of carbonyl (C=O) groups is 2. The van der Waals surface area contributed by atoms with Crippen LogP contribution in [0.3, 0.4) is 0 Å². The highest BCUT2D eigenvalue weighted by Crippen LogP contribution is 2.29. The van der Waals surface area contributed by atoms with E-state index in [9.17, 15) is 9.59 Å². The molecular formula is C11H20N2O3. The lowest BCUT2D eigenvalue weighted by Gasteiger charge is -2.22. The first-order chi connectivity index (χ1) is 7.56. The molecule has 1 fully saturated rings. The summed E-state index contributed by atoms with van der Waals surface area (Å²) in [6.07, 6.45) is 4.25. The molecule has 0 saturated heterocycles. The van der Waals surface area contributed by atoms with Gasteiger partial charge in [-0.05, 0) is 19.8 Å². The molecule has 1 saturated carbocycles. The lowest BCUT2D eigenvalue weighted by atomic mass is 9.94. The van der Waals surface area contributed by atoms with Gasteiger partial charge in [0.2, 0.25) is 5.91 Å². The first-order valence-corrected chi connectivity index (χ1v) is 5.77. The molecule has 16 heavy (non-hydrogen) atoms. The van der Waals surface area contributed by atoms with Gasteiger partial charge in [-0.25, -0.2) is 0 Å². The average Bonchev–Trinajstić information content (AvgIpc) is 2.62. The highest BCUT2D eigenvalue weighted by Gasteiger charge is 2.31. The number of esters is 1. The van der Waals surface area contributed by atoms with Gasteiger partial charge in [-0.1, -0.05) is 12.8 Å². The van der Waals surface area contributed by atoms with Crippen LogP contribution in [0.15, 0.2) is 0 Å². The third kappa shape index (κ3) is 4.18. The van der Waals surface area contributed by atoms with Gasteiger partial charge < -0.3 is 15.8 Å². The summed E-state index contributed by atoms with van der Waals surface area (Å²) in [4.78, 5) is 22.5. The Morgan fingerprint density at radius 3 is 2.56 bits per heavy atom. The highest BCUT2D eigenvalue weighted by atomic mass is 16.5. The van der Waals surface area contributed by atoms with E-state index in [1.54, 1.807) is 6.92 Å². The van der Waals surface area contributed by atoms with Gasteiger partial charge in [-0.15, -0.1) is 0 Å². The molecule has 0 aromatic carbocycles. The van der Waals surface area contributed by atoms with Crippen molar-refractivity contribution in [1.82, 2.24) is 5.32 Å². The van der Waals surface area contributed by atoms with Crippen molar-refractivity contribution >= 4 is 11.9 Å². The number of amides is 1. The lowest BCUT2D eigenvalue weighted by Crippen LogP contribution is -2.43. The molecule has 3 N–H and O–H groups in total. The summed E-state index contributed by atoms with van der Waals surface area (Å²) in [7, 11) is 0. The molecule has 1 aliphatic rings. The second-order valence-corrected chi connectivity index (χ2v) is 4.33. The zero-order chi connectivity index (χ0) is 12.0. The Balaban J connectivity index is 2.22. The summed E-state index contributed by atoms with van der Waals surface area (Å²) >= 11 is 0. The van der Waals surface area contributed by atoms with Crippen LogP contribution in [-0.2, 0) is 14.3 Å². The highest BCUT2D eigenvalue weighted by molar-refractivity contribution is 5.82. The quantitative estimate of drug-likeness (QED) is 0.664. The van der Waals surface area contributed by atoms with Gasteiger partial charge in [0.15, 0.2) is 0 Å². The number of nitrogens with two attached hydrogens (primary N) is 1. The minimum Gasteiger partial charge on any atom is -0.465 e. The summed E-state index contributed by atoms with van der Waals surface area (Å²) in [6.45, 7) is 1.99. The molecule has 0 unspecified atom stereocenters. The molecule has 0 aromatic rings. The van der Waals surface area contributed by atoms with Crippen molar-refractivity contribution in [3.8, 4) is 0 Å². The van der Waals surface area contributed by atoms with Gasteiger partial charge in [-0.3, -0.25) is 9.59 Å². The number of nitrogens with one attached hydrogen (secondary N) is 1. The molecule has 1 aliphatic carbocycles. The van der Waals surface area contributed by atoms with E-state index in [2.05, 4.69) is 5.32 Å². The molecule has 0 bridgehead atoms. The van der Waals surface area contributed by atoms with Crippen LogP contribution in [0.2, 0.25) is 0 Å². The van der Waals surface area contributed by atoms with E-state index >= 15 is 0 Å². The number of carbonyl (C=O) groups excluding carboxylic acids is 2. The van der Waals surface area contributed by atoms with Crippen LogP contribution < -0.4 is 11.1 Å². The van der Waals surface area contributed by atoms with Crippen LogP contribution in [0.1, 0.15) is 39.0 Å². The van der Waals surface area contributed by atoms with Crippen LogP contribution in [0, 0.1) is 0 Å². The van der Waals surface area contributed by atoms with Gasteiger partial charge >= 0.3 is 5.97 Å². The third-order valence-corrected chi connectivity index (χ3v) is 2.85. The van der Waals surface area contributed by atoms with Crippen LogP contribution in [0.25, 0.3) is 0 Å². The zero-order valence-electron chi connectivity index (χ0n) is 9.75. The Hall–Kier alpha value is -1.10. The van der Waals surface area contributed by atoms with Crippen molar-refractivity contribution in [1.29, 1.82) is 0 Å². The summed E-state index contributed by atoms with van der Waals surface area (Å²) in [6, 6.07) is 0. The van der Waals surface area contributed by atoms with E-state index in [0.717, 1.165) is 25.7 Å². The fraction of sp³-hybridized carbons (Fsp3) is 0.818. The third-order valence-electron chi connectivity index (χ3n) is 2.85. The van der Waals surface area contributed by atoms with Crippen LogP contribution in [0.4, 0.5) is 0 Å². The summed E-state index contributed by atoms with van der Waals surface area (Å²) in [5, 5.41) is 2.53. The van der Waals surface area contributed by atoms with Gasteiger partial charge in [0.1, 0.15) is 6.54 Å². The first-order valence-electron chi connectivity index (χ1n) is 5.77. The Bertz CT molecular complexity index is 260. The SMILES string of the molecule is CCOC(=O)CNC(=O)CC1(N)CCCC1. The maximum absolute atomic E-state index is 11.5. The number of hydrogen-bond donors (Lipinski definition) is 2. The molecule has 0 spiro atoms. The standard InChI is InChI=1S/C11H20N2O3/c1-2-16-10(15)8-13-9(14)7-11(12)5-3-4-6-11/h2-8,12H2,1H3,(H,13,14). The Kier molecular flexibility index (Phi) is 4.73. The monoisotopic (exact) mass is 228 g/mol. The van der Waals surface area contributed by atoms with Crippen molar-refractivity contribution in [2.75, 3.05) is 13.2 Å². The molecule has 92 valence electrons. The average molecular weight is 228 g/mol. The topological polar surface area (TPSA) is 81.4 Å². The fourth-order valence-electron chi connectivity index (χ4n) is 2.02. The van der Waals surface area contributed by atoms with Crippen molar-refractivity contribution in [2.45, 2.75) is 44.6 Å². The molecule has 0 heterocycles. The predicted molar refractivity (Wildman–Crippen MR) is 59.6 cm³/mol. The predicted octanol–water partition coefficient (Wildman–Crippen LogP) is 0.327. The van der Waals surface area contributed by atoms with Gasteiger partial charge in [0.25, 0.3) is 0 Å². The van der Waals surface area contributed by atoms with Crippen LogP contribution in [0.5, 0.6) is 0 Å². The van der Waals surface area contributed by atoms with Crippen molar-refractivity contribution in [3.63, 3.8) is 0 Å². The van der Waals surface area contributed by atoms with Crippen molar-refractivity contribution in [3.05, 3.63) is 0 Å². The summed E-state index contributed by atoms with van der Waals surface area (Å²) < 4.78 is 4.70. The van der Waals surface area contributed by atoms with Gasteiger partial charge in [0, 0.05) is 12.0 Å². The minimum atomic E-state index is -0.409. The first kappa shape index (κ1) is 13.0. The molecule has 0 aliphatic heterocycles. The van der Waals surface area contributed by atoms with E-state index in [0.29, 0.717) is 13.0 Å². The number of hydrogen-bond acceptors (Lipinski definition) is 4. The largest absolute Gasteiger partial charge is 0.465 e. The van der Waals surface area contributed by atoms with Gasteiger partial charge in [0.05, 0.1) is 6.61 Å². The van der Waals surface area contributed by atoms with Crippen molar-refractivity contribution < 1.29 is 14.3 Å². The van der Waals surface area contributed by atoms with E-state index in [1.165, 1.54) is 0 Å². The maximum Gasteiger partial charge on any atom is 0.325 e. The maximum atomic E-state index is 11.5. The van der Waals surface area contributed by atoms with Gasteiger partial charge in [-0.2, -0.15) is 0 Å². The Morgan fingerprint density at radius 2 is 2.00 bits per heavy atom. The van der Waals surface area contributed by atoms with E-state index in [4.69, 9.17) is 10.5 Å². The number of ether oxygens (including phenoxy) is 1. The molecule has 0 aromatic heterocycles. The van der Waals surface area contributed by atoms with Crippen LogP contribution >= 0.6 is 0 Å². The fourth-order valence-corrected chi connectivity index (χ4v) is 2.02. The molecule has 0 radical (unpaired) electrons. The summed E-state index contributed by atoms with van der Waals surface area (Å²) in [5.74, 6) is -0.578. The molecule has 1 rings (SSSR count).